The van der Waals surface area contributed by atoms with Gasteiger partial charge in [-0.15, -0.1) is 0 Å². The van der Waals surface area contributed by atoms with Gasteiger partial charge in [-0.3, -0.25) is 14.4 Å². The summed E-state index contributed by atoms with van der Waals surface area (Å²) in [5.41, 5.74) is 0. The van der Waals surface area contributed by atoms with E-state index in [1.165, 1.54) is 64.2 Å². The quantitative estimate of drug-likeness (QED) is 0.0228. The molecule has 0 aromatic carbocycles. The average molecular weight is 1080 g/mol. The van der Waals surface area contributed by atoms with Gasteiger partial charge in [-0.1, -0.05) is 209 Å². The Morgan fingerprint density at radius 3 is 1.29 bits per heavy atom. The fraction of sp³-hybridized carbons (Fsp3) is 0.754. The number of hydrogen-bond donors (Lipinski definition) is 3. The highest BCUT2D eigenvalue weighted by Gasteiger charge is 2.50. The number of unbranched alkanes of at least 4 members (excludes halogenated alkanes) is 26. The summed E-state index contributed by atoms with van der Waals surface area (Å²) < 4.78 is 28.5. The van der Waals surface area contributed by atoms with E-state index in [1.807, 2.05) is 0 Å². The van der Waals surface area contributed by atoms with E-state index in [9.17, 15) is 34.5 Å². The van der Waals surface area contributed by atoms with Crippen LogP contribution in [-0.2, 0) is 42.9 Å². The molecule has 442 valence electrons. The number of allylic oxidation sites excluding steroid dienone is 12. The maximum atomic E-state index is 13.2. The number of esters is 3. The van der Waals surface area contributed by atoms with Gasteiger partial charge in [0.15, 0.2) is 24.6 Å². The van der Waals surface area contributed by atoms with Gasteiger partial charge in [0.25, 0.3) is 0 Å². The molecule has 1 aliphatic rings. The third-order valence-corrected chi connectivity index (χ3v) is 13.7. The molecule has 0 spiro atoms. The minimum atomic E-state index is -1.91. The molecular weight excluding hydrogens is 973 g/mol. The van der Waals surface area contributed by atoms with Crippen LogP contribution < -0.4 is 0 Å². The normalized spacial score (nSPS) is 18.5. The molecule has 6 atom stereocenters. The molecule has 0 aliphatic carbocycles. The van der Waals surface area contributed by atoms with Crippen molar-refractivity contribution in [2.75, 3.05) is 13.2 Å². The van der Waals surface area contributed by atoms with Gasteiger partial charge < -0.3 is 39.0 Å². The first kappa shape index (κ1) is 71.2. The molecule has 0 aromatic heterocycles. The maximum Gasteiger partial charge on any atom is 0.335 e. The molecular formula is C65H110O12. The van der Waals surface area contributed by atoms with Crippen LogP contribution in [0.1, 0.15) is 265 Å². The average Bonchev–Trinajstić information content (AvgIpc) is 3.42. The summed E-state index contributed by atoms with van der Waals surface area (Å²) in [6.07, 6.45) is 54.3. The fourth-order valence-corrected chi connectivity index (χ4v) is 9.00. The summed E-state index contributed by atoms with van der Waals surface area (Å²) in [5.74, 6) is -3.15. The zero-order chi connectivity index (χ0) is 56.1. The summed E-state index contributed by atoms with van der Waals surface area (Å²) in [6.45, 7) is 5.84. The van der Waals surface area contributed by atoms with Crippen LogP contribution in [0.25, 0.3) is 0 Å². The van der Waals surface area contributed by atoms with E-state index in [4.69, 9.17) is 23.7 Å². The number of carboxylic acid groups (broad SMARTS) is 1. The lowest BCUT2D eigenvalue weighted by Crippen LogP contribution is -2.61. The van der Waals surface area contributed by atoms with Gasteiger partial charge in [0.1, 0.15) is 18.8 Å². The summed E-state index contributed by atoms with van der Waals surface area (Å²) >= 11 is 0. The lowest BCUT2D eigenvalue weighted by atomic mass is 9.98. The number of aliphatic carboxylic acids is 1. The Bertz CT molecular complexity index is 1620. The van der Waals surface area contributed by atoms with E-state index in [0.29, 0.717) is 19.3 Å². The molecule has 6 unspecified atom stereocenters. The monoisotopic (exact) mass is 1080 g/mol. The lowest BCUT2D eigenvalue weighted by Gasteiger charge is -2.40. The summed E-state index contributed by atoms with van der Waals surface area (Å²) in [7, 11) is 0. The van der Waals surface area contributed by atoms with Gasteiger partial charge in [0.05, 0.1) is 6.61 Å². The minimum Gasteiger partial charge on any atom is -0.479 e. The predicted molar refractivity (Wildman–Crippen MR) is 312 cm³/mol. The minimum absolute atomic E-state index is 0.0468. The number of aliphatic hydroxyl groups is 2. The first-order chi connectivity index (χ1) is 37.6. The summed E-state index contributed by atoms with van der Waals surface area (Å²) in [5, 5.41) is 31.5. The van der Waals surface area contributed by atoms with Crippen molar-refractivity contribution >= 4 is 23.9 Å². The molecule has 12 nitrogen and oxygen atoms in total. The largest absolute Gasteiger partial charge is 0.479 e. The van der Waals surface area contributed by atoms with Crippen molar-refractivity contribution in [2.24, 2.45) is 0 Å². The smallest absolute Gasteiger partial charge is 0.335 e. The van der Waals surface area contributed by atoms with Crippen LogP contribution in [0.15, 0.2) is 72.9 Å². The predicted octanol–water partition coefficient (Wildman–Crippen LogP) is 16.1. The molecule has 1 heterocycles. The van der Waals surface area contributed by atoms with E-state index in [-0.39, 0.29) is 25.9 Å². The first-order valence-corrected chi connectivity index (χ1v) is 30.9. The number of ether oxygens (including phenoxy) is 5. The molecule has 1 fully saturated rings. The molecule has 0 aromatic rings. The number of carbonyl (C=O) groups is 4. The zero-order valence-corrected chi connectivity index (χ0v) is 48.7. The maximum absolute atomic E-state index is 13.2. The molecule has 77 heavy (non-hydrogen) atoms. The van der Waals surface area contributed by atoms with Crippen molar-refractivity contribution in [2.45, 2.75) is 302 Å². The number of carbonyl (C=O) groups excluding carboxylic acids is 3. The number of aliphatic hydroxyl groups excluding tert-OH is 2. The summed E-state index contributed by atoms with van der Waals surface area (Å²) in [6, 6.07) is 0. The van der Waals surface area contributed by atoms with E-state index < -0.39 is 67.3 Å². The van der Waals surface area contributed by atoms with Crippen LogP contribution in [0.3, 0.4) is 0 Å². The van der Waals surface area contributed by atoms with Gasteiger partial charge in [-0.2, -0.15) is 0 Å². The van der Waals surface area contributed by atoms with Crippen molar-refractivity contribution in [1.82, 2.24) is 0 Å². The Labute approximate surface area is 468 Å². The van der Waals surface area contributed by atoms with Crippen molar-refractivity contribution in [1.29, 1.82) is 0 Å². The van der Waals surface area contributed by atoms with Crippen LogP contribution in [0.4, 0.5) is 0 Å². The van der Waals surface area contributed by atoms with Gasteiger partial charge in [-0.05, 0) is 109 Å². The second kappa shape index (κ2) is 52.8. The van der Waals surface area contributed by atoms with E-state index >= 15 is 0 Å². The number of hydrogen-bond acceptors (Lipinski definition) is 11. The van der Waals surface area contributed by atoms with Gasteiger partial charge >= 0.3 is 23.9 Å². The highest BCUT2D eigenvalue weighted by Crippen LogP contribution is 2.26. The Balaban J connectivity index is 2.70. The molecule has 1 rings (SSSR count). The zero-order valence-electron chi connectivity index (χ0n) is 48.7. The fourth-order valence-electron chi connectivity index (χ4n) is 9.00. The first-order valence-electron chi connectivity index (χ1n) is 30.9. The highest BCUT2D eigenvalue weighted by atomic mass is 16.7. The van der Waals surface area contributed by atoms with Gasteiger partial charge in [0, 0.05) is 19.3 Å². The molecule has 12 heteroatoms. The second-order valence-electron chi connectivity index (χ2n) is 20.9. The third-order valence-electron chi connectivity index (χ3n) is 13.7. The molecule has 0 saturated carbocycles. The van der Waals surface area contributed by atoms with Gasteiger partial charge in [-0.25, -0.2) is 4.79 Å². The standard InChI is InChI=1S/C65H110O12/c1-4-7-10-13-16-19-22-25-28-29-32-33-36-39-42-45-48-51-57(66)73-54-56(75-58(67)52-49-46-43-40-37-34-30-26-23-20-17-14-11-8-5-2)55-74-65-63(61(70)60(69)62(77-65)64(71)72)76-59(68)53-50-47-44-41-38-35-31-27-24-21-18-15-12-9-6-3/h7,10,16-17,19-20,25-28,30-31,56,60-63,65,69-70H,4-6,8-9,11-15,18,21-24,29,32-55H2,1-3H3,(H,71,72)/b10-7-,19-16-,20-17-,28-25-,30-26-,31-27-. The van der Waals surface area contributed by atoms with E-state index in [1.54, 1.807) is 0 Å². The van der Waals surface area contributed by atoms with E-state index in [0.717, 1.165) is 141 Å². The lowest BCUT2D eigenvalue weighted by molar-refractivity contribution is -0.301. The van der Waals surface area contributed by atoms with Crippen LogP contribution in [0.2, 0.25) is 0 Å². The Morgan fingerprint density at radius 1 is 0.442 bits per heavy atom. The number of rotatable bonds is 52. The van der Waals surface area contributed by atoms with Crippen molar-refractivity contribution < 1.29 is 58.2 Å². The van der Waals surface area contributed by atoms with Crippen LogP contribution in [0.5, 0.6) is 0 Å². The van der Waals surface area contributed by atoms with Crippen LogP contribution in [0, 0.1) is 0 Å². The summed E-state index contributed by atoms with van der Waals surface area (Å²) in [4.78, 5) is 51.2. The topological polar surface area (TPSA) is 175 Å². The van der Waals surface area contributed by atoms with Crippen molar-refractivity contribution in [3.05, 3.63) is 72.9 Å². The molecule has 0 radical (unpaired) electrons. The Morgan fingerprint density at radius 2 is 0.818 bits per heavy atom. The van der Waals surface area contributed by atoms with Crippen LogP contribution in [-0.4, -0.2) is 89.2 Å². The SMILES string of the molecule is CC/C=C\C/C=C\C/C=C\CCCCCCCCCC(=O)OCC(COC1OC(C(=O)O)C(O)C(O)C1OC(=O)CCCCCCC/C=C\CCCCCCCC)OC(=O)CCCCCCC/C=C\C/C=C\CCCCC. The molecule has 1 aliphatic heterocycles. The Hall–Kier alpha value is -3.84. The molecule has 0 bridgehead atoms. The van der Waals surface area contributed by atoms with E-state index in [2.05, 4.69) is 93.7 Å². The highest BCUT2D eigenvalue weighted by molar-refractivity contribution is 5.74. The van der Waals surface area contributed by atoms with Crippen molar-refractivity contribution in [3.8, 4) is 0 Å². The van der Waals surface area contributed by atoms with Crippen molar-refractivity contribution in [3.63, 3.8) is 0 Å². The molecule has 0 amide bonds. The molecule has 3 N–H and O–H groups in total. The second-order valence-corrected chi connectivity index (χ2v) is 20.9. The third kappa shape index (κ3) is 42.7. The van der Waals surface area contributed by atoms with Crippen LogP contribution >= 0.6 is 0 Å². The number of carboxylic acids is 1. The molecule has 1 saturated heterocycles. The Kier molecular flexibility index (Phi) is 48.8. The van der Waals surface area contributed by atoms with Gasteiger partial charge in [0.2, 0.25) is 0 Å².